The number of hydrogen-bond acceptors (Lipinski definition) is 4. The Labute approximate surface area is 191 Å². The van der Waals surface area contributed by atoms with E-state index in [2.05, 4.69) is 22.0 Å². The number of aromatic nitrogens is 1. The minimum atomic E-state index is 0.123. The summed E-state index contributed by atoms with van der Waals surface area (Å²) < 4.78 is 5.68. The van der Waals surface area contributed by atoms with Gasteiger partial charge in [-0.1, -0.05) is 49.6 Å². The Hall–Kier alpha value is -2.24. The van der Waals surface area contributed by atoms with Crippen LogP contribution in [0.2, 0.25) is 0 Å². The summed E-state index contributed by atoms with van der Waals surface area (Å²) in [7, 11) is 0. The number of likely N-dealkylation sites (tertiary alicyclic amines) is 2. The lowest BCUT2D eigenvalue weighted by Crippen LogP contribution is -2.64. The average molecular weight is 434 g/mol. The molecular weight excluding hydrogens is 398 g/mol. The second kappa shape index (κ2) is 9.72. The Morgan fingerprint density at radius 2 is 1.72 bits per heavy atom. The molecule has 1 aromatic heterocycles. The molecule has 1 unspecified atom stereocenters. The van der Waals surface area contributed by atoms with Crippen LogP contribution < -0.4 is 0 Å². The number of ether oxygens (including phenoxy) is 1. The number of piperidine rings is 1. The van der Waals surface area contributed by atoms with E-state index in [0.29, 0.717) is 24.1 Å². The SMILES string of the molecule is O=C(COCc1ccccc1)N1CCC(N2CC3(CCCCC3)C2c2ccncc2)CC1. The fourth-order valence-corrected chi connectivity index (χ4v) is 6.27. The van der Waals surface area contributed by atoms with Gasteiger partial charge >= 0.3 is 0 Å². The van der Waals surface area contributed by atoms with Crippen LogP contribution in [0, 0.1) is 5.41 Å². The lowest BCUT2D eigenvalue weighted by molar-refractivity contribution is -0.146. The topological polar surface area (TPSA) is 45.7 Å². The predicted molar refractivity (Wildman–Crippen MR) is 125 cm³/mol. The van der Waals surface area contributed by atoms with Gasteiger partial charge in [-0.25, -0.2) is 0 Å². The number of rotatable bonds is 6. The Morgan fingerprint density at radius 1 is 1.00 bits per heavy atom. The van der Waals surface area contributed by atoms with Gasteiger partial charge in [-0.15, -0.1) is 0 Å². The highest BCUT2D eigenvalue weighted by Gasteiger charge is 2.54. The predicted octanol–water partition coefficient (Wildman–Crippen LogP) is 4.60. The van der Waals surface area contributed by atoms with Gasteiger partial charge in [0, 0.05) is 49.5 Å². The molecule has 0 N–H and O–H groups in total. The van der Waals surface area contributed by atoms with Crippen molar-refractivity contribution in [2.45, 2.75) is 63.6 Å². The van der Waals surface area contributed by atoms with Crippen molar-refractivity contribution in [2.75, 3.05) is 26.2 Å². The van der Waals surface area contributed by atoms with E-state index in [9.17, 15) is 4.79 Å². The molecule has 5 rings (SSSR count). The lowest BCUT2D eigenvalue weighted by atomic mass is 9.60. The second-order valence-corrected chi connectivity index (χ2v) is 9.87. The largest absolute Gasteiger partial charge is 0.367 e. The van der Waals surface area contributed by atoms with Crippen molar-refractivity contribution < 1.29 is 9.53 Å². The summed E-state index contributed by atoms with van der Waals surface area (Å²) >= 11 is 0. The lowest BCUT2D eigenvalue weighted by Gasteiger charge is -2.63. The zero-order valence-electron chi connectivity index (χ0n) is 19.0. The van der Waals surface area contributed by atoms with Gasteiger partial charge in [-0.05, 0) is 48.9 Å². The van der Waals surface area contributed by atoms with Crippen molar-refractivity contribution >= 4 is 5.91 Å². The van der Waals surface area contributed by atoms with Crippen molar-refractivity contribution in [1.82, 2.24) is 14.8 Å². The number of amides is 1. The van der Waals surface area contributed by atoms with Gasteiger partial charge in [-0.3, -0.25) is 14.7 Å². The summed E-state index contributed by atoms with van der Waals surface area (Å²) in [6, 6.07) is 15.6. The third kappa shape index (κ3) is 4.46. The molecule has 5 heteroatoms. The van der Waals surface area contributed by atoms with Crippen LogP contribution in [-0.2, 0) is 16.1 Å². The van der Waals surface area contributed by atoms with Gasteiger partial charge in [-0.2, -0.15) is 0 Å². The van der Waals surface area contributed by atoms with Crippen molar-refractivity contribution in [2.24, 2.45) is 5.41 Å². The van der Waals surface area contributed by atoms with Crippen LogP contribution in [0.5, 0.6) is 0 Å². The summed E-state index contributed by atoms with van der Waals surface area (Å²) in [6.45, 7) is 3.56. The molecule has 1 saturated carbocycles. The van der Waals surface area contributed by atoms with E-state index in [4.69, 9.17) is 4.74 Å². The van der Waals surface area contributed by atoms with Crippen molar-refractivity contribution in [3.05, 3.63) is 66.0 Å². The zero-order chi connectivity index (χ0) is 21.8. The summed E-state index contributed by atoms with van der Waals surface area (Å²) in [5, 5.41) is 0. The summed E-state index contributed by atoms with van der Waals surface area (Å²) in [4.78, 5) is 21.7. The number of carbonyl (C=O) groups excluding carboxylic acids is 1. The molecule has 3 fully saturated rings. The third-order valence-electron chi connectivity index (χ3n) is 7.90. The molecule has 1 atom stereocenters. The second-order valence-electron chi connectivity index (χ2n) is 9.87. The van der Waals surface area contributed by atoms with Gasteiger partial charge in [0.2, 0.25) is 5.91 Å². The molecule has 2 aliphatic heterocycles. The highest BCUT2D eigenvalue weighted by Crippen LogP contribution is 2.58. The standard InChI is InChI=1S/C27H35N3O2/c31-25(20-32-19-22-7-3-1-4-8-22)29-17-11-24(12-18-29)30-21-27(13-5-2-6-14-27)26(30)23-9-15-28-16-10-23/h1,3-4,7-10,15-16,24,26H,2,5-6,11-14,17-21H2. The summed E-state index contributed by atoms with van der Waals surface area (Å²) in [6.07, 6.45) is 12.8. The molecule has 0 bridgehead atoms. The maximum Gasteiger partial charge on any atom is 0.248 e. The van der Waals surface area contributed by atoms with Crippen LogP contribution in [-0.4, -0.2) is 53.0 Å². The minimum absolute atomic E-state index is 0.123. The first kappa shape index (κ1) is 21.6. The molecule has 2 saturated heterocycles. The third-order valence-corrected chi connectivity index (χ3v) is 7.90. The number of nitrogens with zero attached hydrogens (tertiary/aromatic N) is 3. The van der Waals surface area contributed by atoms with E-state index in [-0.39, 0.29) is 12.5 Å². The van der Waals surface area contributed by atoms with E-state index >= 15 is 0 Å². The van der Waals surface area contributed by atoms with Gasteiger partial charge < -0.3 is 9.64 Å². The van der Waals surface area contributed by atoms with Crippen LogP contribution in [0.1, 0.15) is 62.1 Å². The zero-order valence-corrected chi connectivity index (χ0v) is 19.0. The highest BCUT2D eigenvalue weighted by atomic mass is 16.5. The van der Waals surface area contributed by atoms with E-state index in [1.54, 1.807) is 0 Å². The molecule has 5 nitrogen and oxygen atoms in total. The molecule has 1 spiro atoms. The number of pyridine rings is 1. The molecule has 1 amide bonds. The Kier molecular flexibility index (Phi) is 6.56. The van der Waals surface area contributed by atoms with Gasteiger partial charge in [0.25, 0.3) is 0 Å². The van der Waals surface area contributed by atoms with E-state index in [1.807, 2.05) is 47.6 Å². The molecule has 170 valence electrons. The van der Waals surface area contributed by atoms with Crippen LogP contribution in [0.25, 0.3) is 0 Å². The normalized spacial score (nSPS) is 23.8. The first-order chi connectivity index (χ1) is 15.8. The molecule has 1 aromatic carbocycles. The van der Waals surface area contributed by atoms with Gasteiger partial charge in [0.05, 0.1) is 6.61 Å². The van der Waals surface area contributed by atoms with Crippen LogP contribution in [0.15, 0.2) is 54.9 Å². The molecule has 3 aliphatic rings. The minimum Gasteiger partial charge on any atom is -0.367 e. The smallest absolute Gasteiger partial charge is 0.248 e. The van der Waals surface area contributed by atoms with Crippen molar-refractivity contribution in [1.29, 1.82) is 0 Å². The molecule has 0 radical (unpaired) electrons. The van der Waals surface area contributed by atoms with Crippen LogP contribution >= 0.6 is 0 Å². The molecule has 3 heterocycles. The fourth-order valence-electron chi connectivity index (χ4n) is 6.27. The molecule has 32 heavy (non-hydrogen) atoms. The molecule has 1 aliphatic carbocycles. The highest BCUT2D eigenvalue weighted by molar-refractivity contribution is 5.77. The van der Waals surface area contributed by atoms with Crippen LogP contribution in [0.4, 0.5) is 0 Å². The summed E-state index contributed by atoms with van der Waals surface area (Å²) in [5.74, 6) is 0.123. The van der Waals surface area contributed by atoms with E-state index in [0.717, 1.165) is 31.5 Å². The fraction of sp³-hybridized carbons (Fsp3) is 0.556. The Bertz CT molecular complexity index is 874. The molecular formula is C27H35N3O2. The van der Waals surface area contributed by atoms with E-state index in [1.165, 1.54) is 44.2 Å². The first-order valence-corrected chi connectivity index (χ1v) is 12.3. The van der Waals surface area contributed by atoms with Crippen LogP contribution in [0.3, 0.4) is 0 Å². The number of benzene rings is 1. The Morgan fingerprint density at radius 3 is 2.44 bits per heavy atom. The maximum atomic E-state index is 12.7. The summed E-state index contributed by atoms with van der Waals surface area (Å²) in [5.41, 5.74) is 2.99. The average Bonchev–Trinajstić information content (AvgIpc) is 2.85. The molecule has 2 aromatic rings. The van der Waals surface area contributed by atoms with Gasteiger partial charge in [0.1, 0.15) is 6.61 Å². The number of carbonyl (C=O) groups is 1. The number of hydrogen-bond donors (Lipinski definition) is 0. The Balaban J connectivity index is 1.15. The van der Waals surface area contributed by atoms with Crippen molar-refractivity contribution in [3.63, 3.8) is 0 Å². The van der Waals surface area contributed by atoms with Crippen molar-refractivity contribution in [3.8, 4) is 0 Å². The maximum absolute atomic E-state index is 12.7. The monoisotopic (exact) mass is 433 g/mol. The first-order valence-electron chi connectivity index (χ1n) is 12.3. The van der Waals surface area contributed by atoms with E-state index < -0.39 is 0 Å². The van der Waals surface area contributed by atoms with Gasteiger partial charge in [0.15, 0.2) is 0 Å². The quantitative estimate of drug-likeness (QED) is 0.668.